The van der Waals surface area contributed by atoms with Gasteiger partial charge in [-0.15, -0.1) is 0 Å². The minimum atomic E-state index is -4.76. The first-order valence-electron chi connectivity index (χ1n) is 9.11. The van der Waals surface area contributed by atoms with Crippen molar-refractivity contribution < 1.29 is 35.9 Å². The van der Waals surface area contributed by atoms with Crippen LogP contribution in [0.3, 0.4) is 0 Å². The molecule has 1 fully saturated rings. The number of nitrogens with one attached hydrogen (secondary N) is 2. The van der Waals surface area contributed by atoms with Gasteiger partial charge in [0, 0.05) is 18.2 Å². The standard InChI is InChI=1S/C20H18F6N2O2/c21-9-11-4-13(20(24,25)26)7-14(5-11)30-18-8-15(22)12(6-16(18)23)10-28-19(29)17-2-1-3-27-17/h4-8,17,27H,1-3,9-10H2,(H,28,29)/t17-/m0/s1. The molecule has 0 spiro atoms. The van der Waals surface area contributed by atoms with E-state index in [4.69, 9.17) is 4.74 Å². The number of carbonyl (C=O) groups excluding carboxylic acids is 1. The van der Waals surface area contributed by atoms with Crippen molar-refractivity contribution in [3.63, 3.8) is 0 Å². The van der Waals surface area contributed by atoms with E-state index in [2.05, 4.69) is 10.6 Å². The second-order valence-electron chi connectivity index (χ2n) is 6.84. The van der Waals surface area contributed by atoms with Gasteiger partial charge < -0.3 is 15.4 Å². The third-order valence-corrected chi connectivity index (χ3v) is 4.61. The molecule has 10 heteroatoms. The van der Waals surface area contributed by atoms with Gasteiger partial charge in [-0.05, 0) is 49.2 Å². The fourth-order valence-electron chi connectivity index (χ4n) is 3.08. The molecule has 2 aromatic rings. The number of halogens is 6. The van der Waals surface area contributed by atoms with Crippen molar-refractivity contribution in [2.75, 3.05) is 6.54 Å². The zero-order chi connectivity index (χ0) is 21.9. The molecule has 0 radical (unpaired) electrons. The highest BCUT2D eigenvalue weighted by Gasteiger charge is 2.31. The summed E-state index contributed by atoms with van der Waals surface area (Å²) >= 11 is 0. The van der Waals surface area contributed by atoms with E-state index in [-0.39, 0.29) is 29.6 Å². The van der Waals surface area contributed by atoms with Crippen molar-refractivity contribution in [3.8, 4) is 11.5 Å². The Hall–Kier alpha value is -2.75. The highest BCUT2D eigenvalue weighted by atomic mass is 19.4. The van der Waals surface area contributed by atoms with Crippen LogP contribution in [0.4, 0.5) is 26.3 Å². The molecule has 0 saturated carbocycles. The number of benzene rings is 2. The molecule has 1 aliphatic rings. The molecule has 3 rings (SSSR count). The number of hydrogen-bond donors (Lipinski definition) is 2. The summed E-state index contributed by atoms with van der Waals surface area (Å²) in [5.74, 6) is -3.44. The lowest BCUT2D eigenvalue weighted by atomic mass is 10.1. The van der Waals surface area contributed by atoms with Gasteiger partial charge in [0.1, 0.15) is 18.2 Å². The second kappa shape index (κ2) is 8.95. The van der Waals surface area contributed by atoms with Gasteiger partial charge in [-0.1, -0.05) is 0 Å². The third-order valence-electron chi connectivity index (χ3n) is 4.61. The van der Waals surface area contributed by atoms with E-state index in [1.807, 2.05) is 0 Å². The molecule has 0 aliphatic carbocycles. The zero-order valence-electron chi connectivity index (χ0n) is 15.6. The molecule has 2 aromatic carbocycles. The molecule has 30 heavy (non-hydrogen) atoms. The number of amides is 1. The van der Waals surface area contributed by atoms with Crippen LogP contribution in [0, 0.1) is 11.6 Å². The fraction of sp³-hybridized carbons (Fsp3) is 0.350. The molecule has 0 unspecified atom stereocenters. The summed E-state index contributed by atoms with van der Waals surface area (Å²) in [5, 5.41) is 5.47. The van der Waals surface area contributed by atoms with E-state index in [1.165, 1.54) is 0 Å². The number of alkyl halides is 4. The lowest BCUT2D eigenvalue weighted by Gasteiger charge is -2.14. The van der Waals surface area contributed by atoms with Crippen molar-refractivity contribution in [2.24, 2.45) is 0 Å². The predicted molar refractivity (Wildman–Crippen MR) is 95.6 cm³/mol. The van der Waals surface area contributed by atoms with Crippen LogP contribution in [0.15, 0.2) is 30.3 Å². The highest BCUT2D eigenvalue weighted by molar-refractivity contribution is 5.81. The van der Waals surface area contributed by atoms with Crippen LogP contribution in [0.1, 0.15) is 29.5 Å². The van der Waals surface area contributed by atoms with E-state index in [0.29, 0.717) is 31.2 Å². The molecule has 1 aliphatic heterocycles. The Kier molecular flexibility index (Phi) is 6.55. The summed E-state index contributed by atoms with van der Waals surface area (Å²) in [6.07, 6.45) is -3.27. The first-order chi connectivity index (χ1) is 14.2. The Balaban J connectivity index is 1.76. The SMILES string of the molecule is O=C(NCc1cc(F)c(Oc2cc(CF)cc(C(F)(F)F)c2)cc1F)[C@@H]1CCCN1. The number of hydrogen-bond acceptors (Lipinski definition) is 3. The van der Waals surface area contributed by atoms with Gasteiger partial charge in [-0.25, -0.2) is 13.2 Å². The van der Waals surface area contributed by atoms with Crippen molar-refractivity contribution in [3.05, 3.63) is 58.7 Å². The summed E-state index contributed by atoms with van der Waals surface area (Å²) in [5.41, 5.74) is -1.64. The largest absolute Gasteiger partial charge is 0.454 e. The monoisotopic (exact) mass is 432 g/mol. The third kappa shape index (κ3) is 5.24. The molecule has 1 saturated heterocycles. The smallest absolute Gasteiger partial charge is 0.416 e. The van der Waals surface area contributed by atoms with Crippen LogP contribution < -0.4 is 15.4 Å². The molecule has 0 aromatic heterocycles. The van der Waals surface area contributed by atoms with Gasteiger partial charge in [-0.3, -0.25) is 4.79 Å². The lowest BCUT2D eigenvalue weighted by molar-refractivity contribution is -0.137. The zero-order valence-corrected chi connectivity index (χ0v) is 15.6. The van der Waals surface area contributed by atoms with Gasteiger partial charge in [0.05, 0.1) is 11.6 Å². The minimum absolute atomic E-state index is 0.153. The molecule has 1 heterocycles. The summed E-state index contributed by atoms with van der Waals surface area (Å²) in [6.45, 7) is -0.756. The van der Waals surface area contributed by atoms with Crippen LogP contribution in [0.25, 0.3) is 0 Å². The molecular formula is C20H18F6N2O2. The molecule has 1 amide bonds. The summed E-state index contributed by atoms with van der Waals surface area (Å²) in [7, 11) is 0. The Morgan fingerprint density at radius 2 is 1.90 bits per heavy atom. The Morgan fingerprint density at radius 3 is 2.53 bits per heavy atom. The maximum Gasteiger partial charge on any atom is 0.416 e. The van der Waals surface area contributed by atoms with Crippen molar-refractivity contribution in [1.29, 1.82) is 0 Å². The van der Waals surface area contributed by atoms with Gasteiger partial charge >= 0.3 is 6.18 Å². The van der Waals surface area contributed by atoms with E-state index in [1.54, 1.807) is 0 Å². The summed E-state index contributed by atoms with van der Waals surface area (Å²) < 4.78 is 85.4. The number of rotatable bonds is 6. The maximum atomic E-state index is 14.3. The molecular weight excluding hydrogens is 414 g/mol. The van der Waals surface area contributed by atoms with E-state index < -0.39 is 41.5 Å². The quantitative estimate of drug-likeness (QED) is 0.656. The first kappa shape index (κ1) is 21.9. The molecule has 0 bridgehead atoms. The minimum Gasteiger partial charge on any atom is -0.454 e. The van der Waals surface area contributed by atoms with Crippen LogP contribution in [0.5, 0.6) is 11.5 Å². The normalized spacial score (nSPS) is 16.5. The Bertz CT molecular complexity index is 926. The topological polar surface area (TPSA) is 50.4 Å². The molecule has 162 valence electrons. The van der Waals surface area contributed by atoms with Crippen LogP contribution in [0.2, 0.25) is 0 Å². The Morgan fingerprint density at radius 1 is 1.13 bits per heavy atom. The van der Waals surface area contributed by atoms with Crippen molar-refractivity contribution in [2.45, 2.75) is 38.3 Å². The van der Waals surface area contributed by atoms with Gasteiger partial charge in [0.15, 0.2) is 11.6 Å². The number of ether oxygens (including phenoxy) is 1. The average molecular weight is 432 g/mol. The van der Waals surface area contributed by atoms with E-state index in [9.17, 15) is 31.1 Å². The second-order valence-corrected chi connectivity index (χ2v) is 6.84. The molecule has 1 atom stereocenters. The molecule has 2 N–H and O–H groups in total. The van der Waals surface area contributed by atoms with Crippen LogP contribution in [-0.2, 0) is 24.2 Å². The number of carbonyl (C=O) groups is 1. The predicted octanol–water partition coefficient (Wildman–Crippen LogP) is 4.61. The lowest BCUT2D eigenvalue weighted by Crippen LogP contribution is -2.40. The van der Waals surface area contributed by atoms with E-state index in [0.717, 1.165) is 18.6 Å². The average Bonchev–Trinajstić information content (AvgIpc) is 3.23. The molecule has 4 nitrogen and oxygen atoms in total. The highest BCUT2D eigenvalue weighted by Crippen LogP contribution is 2.35. The van der Waals surface area contributed by atoms with Crippen molar-refractivity contribution in [1.82, 2.24) is 10.6 Å². The Labute approximate surface area is 168 Å². The maximum absolute atomic E-state index is 14.3. The summed E-state index contributed by atoms with van der Waals surface area (Å²) in [4.78, 5) is 12.0. The van der Waals surface area contributed by atoms with Gasteiger partial charge in [-0.2, -0.15) is 13.2 Å². The van der Waals surface area contributed by atoms with Crippen molar-refractivity contribution >= 4 is 5.91 Å². The van der Waals surface area contributed by atoms with E-state index >= 15 is 0 Å². The van der Waals surface area contributed by atoms with Crippen LogP contribution in [-0.4, -0.2) is 18.5 Å². The van der Waals surface area contributed by atoms with Gasteiger partial charge in [0.25, 0.3) is 0 Å². The van der Waals surface area contributed by atoms with Gasteiger partial charge in [0.2, 0.25) is 5.91 Å². The first-order valence-corrected chi connectivity index (χ1v) is 9.11. The summed E-state index contributed by atoms with van der Waals surface area (Å²) in [6, 6.07) is 3.21. The fourth-order valence-corrected chi connectivity index (χ4v) is 3.08. The van der Waals surface area contributed by atoms with Crippen LogP contribution >= 0.6 is 0 Å².